The van der Waals surface area contributed by atoms with E-state index in [0.717, 1.165) is 31.9 Å². The molecule has 14 heavy (non-hydrogen) atoms. The van der Waals surface area contributed by atoms with Crippen LogP contribution in [-0.4, -0.2) is 21.6 Å². The minimum Gasteiger partial charge on any atom is -0.354 e. The zero-order chi connectivity index (χ0) is 9.60. The number of aromatic nitrogens is 2. The summed E-state index contributed by atoms with van der Waals surface area (Å²) in [5.74, 6) is 1.03. The summed E-state index contributed by atoms with van der Waals surface area (Å²) >= 11 is 0. The fraction of sp³-hybridized carbons (Fsp3) is 0.700. The van der Waals surface area contributed by atoms with Crippen LogP contribution in [0.5, 0.6) is 0 Å². The van der Waals surface area contributed by atoms with E-state index >= 15 is 0 Å². The first-order chi connectivity index (χ1) is 6.75. The van der Waals surface area contributed by atoms with Gasteiger partial charge >= 0.3 is 0 Å². The average molecular weight is 192 g/mol. The lowest BCUT2D eigenvalue weighted by molar-refractivity contribution is 0.603. The van der Waals surface area contributed by atoms with Gasteiger partial charge in [-0.05, 0) is 25.7 Å². The molecule has 0 aromatic carbocycles. The van der Waals surface area contributed by atoms with Crippen LogP contribution in [0.1, 0.15) is 25.0 Å². The van der Waals surface area contributed by atoms with Gasteiger partial charge in [0, 0.05) is 24.8 Å². The average Bonchev–Trinajstić information content (AvgIpc) is 2.61. The van der Waals surface area contributed by atoms with Crippen LogP contribution < -0.4 is 11.1 Å². The fourth-order valence-electron chi connectivity index (χ4n) is 1.98. The Kier molecular flexibility index (Phi) is 1.62. The maximum Gasteiger partial charge on any atom is 0.203 e. The molecule has 4 heteroatoms. The topological polar surface area (TPSA) is 55.9 Å². The lowest BCUT2D eigenvalue weighted by Crippen LogP contribution is -2.22. The minimum atomic E-state index is 0.154. The van der Waals surface area contributed by atoms with Crippen LogP contribution >= 0.6 is 0 Å². The van der Waals surface area contributed by atoms with Gasteiger partial charge in [0.05, 0.1) is 5.69 Å². The summed E-state index contributed by atoms with van der Waals surface area (Å²) in [6, 6.07) is 0. The van der Waals surface area contributed by atoms with E-state index in [-0.39, 0.29) is 5.54 Å². The second-order valence-corrected chi connectivity index (χ2v) is 4.54. The van der Waals surface area contributed by atoms with Crippen LogP contribution in [0.3, 0.4) is 0 Å². The van der Waals surface area contributed by atoms with Crippen molar-refractivity contribution < 1.29 is 0 Å². The minimum absolute atomic E-state index is 0.154. The van der Waals surface area contributed by atoms with Crippen molar-refractivity contribution in [2.45, 2.75) is 37.8 Å². The van der Waals surface area contributed by atoms with Crippen molar-refractivity contribution in [2.75, 3.05) is 11.9 Å². The first kappa shape index (κ1) is 8.29. The van der Waals surface area contributed by atoms with Crippen LogP contribution in [0.15, 0.2) is 6.20 Å². The molecular weight excluding hydrogens is 176 g/mol. The van der Waals surface area contributed by atoms with E-state index < -0.39 is 0 Å². The van der Waals surface area contributed by atoms with Crippen molar-refractivity contribution in [3.05, 3.63) is 11.9 Å². The van der Waals surface area contributed by atoms with Crippen molar-refractivity contribution in [3.8, 4) is 0 Å². The third-order valence-electron chi connectivity index (χ3n) is 3.23. The summed E-state index contributed by atoms with van der Waals surface area (Å²) in [7, 11) is 0. The highest BCUT2D eigenvalue weighted by Gasteiger charge is 2.37. The molecule has 0 radical (unpaired) electrons. The Balaban J connectivity index is 1.66. The first-order valence-corrected chi connectivity index (χ1v) is 5.34. The number of hydrogen-bond donors (Lipinski definition) is 2. The van der Waals surface area contributed by atoms with Gasteiger partial charge in [0.15, 0.2) is 0 Å². The van der Waals surface area contributed by atoms with Crippen LogP contribution in [0.25, 0.3) is 0 Å². The highest BCUT2D eigenvalue weighted by Crippen LogP contribution is 2.36. The SMILES string of the molecule is NC1(CCc2cn3c(n2)NCC3)CC1. The molecular formula is C10H16N4. The predicted molar refractivity (Wildman–Crippen MR) is 55.2 cm³/mol. The van der Waals surface area contributed by atoms with Gasteiger partial charge in [0.2, 0.25) is 5.95 Å². The van der Waals surface area contributed by atoms with Crippen LogP contribution in [0.2, 0.25) is 0 Å². The van der Waals surface area contributed by atoms with Gasteiger partial charge in [-0.25, -0.2) is 4.98 Å². The van der Waals surface area contributed by atoms with Gasteiger partial charge in [-0.3, -0.25) is 0 Å². The molecule has 2 heterocycles. The molecule has 0 atom stereocenters. The van der Waals surface area contributed by atoms with Crippen molar-refractivity contribution >= 4 is 5.95 Å². The molecule has 1 aliphatic heterocycles. The third kappa shape index (κ3) is 1.39. The smallest absolute Gasteiger partial charge is 0.203 e. The number of nitrogens with two attached hydrogens (primary N) is 1. The molecule has 76 valence electrons. The molecule has 1 aromatic rings. The molecule has 0 amide bonds. The molecule has 2 aliphatic rings. The number of rotatable bonds is 3. The standard InChI is InChI=1S/C10H16N4/c11-10(3-4-10)2-1-8-7-14-6-5-12-9(14)13-8/h7H,1-6,11H2,(H,12,13). The second kappa shape index (κ2) is 2.73. The number of imidazole rings is 1. The summed E-state index contributed by atoms with van der Waals surface area (Å²) < 4.78 is 2.19. The summed E-state index contributed by atoms with van der Waals surface area (Å²) in [6.45, 7) is 2.07. The fourth-order valence-corrected chi connectivity index (χ4v) is 1.98. The van der Waals surface area contributed by atoms with Crippen LogP contribution in [-0.2, 0) is 13.0 Å². The van der Waals surface area contributed by atoms with Crippen molar-refractivity contribution in [3.63, 3.8) is 0 Å². The van der Waals surface area contributed by atoms with Crippen molar-refractivity contribution in [2.24, 2.45) is 5.73 Å². The Morgan fingerprint density at radius 1 is 1.57 bits per heavy atom. The summed E-state index contributed by atoms with van der Waals surface area (Å²) in [5.41, 5.74) is 7.37. The lowest BCUT2D eigenvalue weighted by atomic mass is 10.1. The Bertz CT molecular complexity index is 330. The van der Waals surface area contributed by atoms with Crippen LogP contribution in [0, 0.1) is 0 Å². The highest BCUT2D eigenvalue weighted by molar-refractivity contribution is 5.32. The Morgan fingerprint density at radius 2 is 2.43 bits per heavy atom. The number of nitrogens with one attached hydrogen (secondary N) is 1. The zero-order valence-electron chi connectivity index (χ0n) is 8.29. The largest absolute Gasteiger partial charge is 0.354 e. The normalized spacial score (nSPS) is 21.8. The molecule has 1 aliphatic carbocycles. The number of anilines is 1. The van der Waals surface area contributed by atoms with E-state index in [1.807, 2.05) is 0 Å². The van der Waals surface area contributed by atoms with Gasteiger partial charge in [-0.2, -0.15) is 0 Å². The second-order valence-electron chi connectivity index (χ2n) is 4.54. The summed E-state index contributed by atoms with van der Waals surface area (Å²) in [4.78, 5) is 4.52. The molecule has 0 bridgehead atoms. The number of hydrogen-bond acceptors (Lipinski definition) is 3. The highest BCUT2D eigenvalue weighted by atomic mass is 15.3. The molecule has 0 unspecified atom stereocenters. The molecule has 1 fully saturated rings. The molecule has 0 spiro atoms. The van der Waals surface area contributed by atoms with E-state index in [1.54, 1.807) is 0 Å². The van der Waals surface area contributed by atoms with Gasteiger partial charge in [-0.15, -0.1) is 0 Å². The quantitative estimate of drug-likeness (QED) is 0.742. The molecule has 1 saturated carbocycles. The van der Waals surface area contributed by atoms with Gasteiger partial charge in [-0.1, -0.05) is 0 Å². The first-order valence-electron chi connectivity index (χ1n) is 5.34. The Morgan fingerprint density at radius 3 is 3.14 bits per heavy atom. The molecule has 3 rings (SSSR count). The van der Waals surface area contributed by atoms with Crippen molar-refractivity contribution in [1.29, 1.82) is 0 Å². The number of fused-ring (bicyclic) bond motifs is 1. The maximum absolute atomic E-state index is 6.04. The summed E-state index contributed by atoms with van der Waals surface area (Å²) in [5, 5.41) is 3.25. The van der Waals surface area contributed by atoms with E-state index in [4.69, 9.17) is 5.73 Å². The monoisotopic (exact) mass is 192 g/mol. The third-order valence-corrected chi connectivity index (χ3v) is 3.23. The Hall–Kier alpha value is -1.03. The van der Waals surface area contributed by atoms with Crippen LogP contribution in [0.4, 0.5) is 5.95 Å². The van der Waals surface area contributed by atoms with E-state index in [0.29, 0.717) is 0 Å². The van der Waals surface area contributed by atoms with Gasteiger partial charge < -0.3 is 15.6 Å². The summed E-state index contributed by atoms with van der Waals surface area (Å²) in [6.07, 6.45) is 6.65. The van der Waals surface area contributed by atoms with Gasteiger partial charge in [0.25, 0.3) is 0 Å². The van der Waals surface area contributed by atoms with Gasteiger partial charge in [0.1, 0.15) is 0 Å². The van der Waals surface area contributed by atoms with E-state index in [2.05, 4.69) is 21.1 Å². The number of nitrogens with zero attached hydrogens (tertiary/aromatic N) is 2. The lowest BCUT2D eigenvalue weighted by Gasteiger charge is -2.05. The van der Waals surface area contributed by atoms with Crippen molar-refractivity contribution in [1.82, 2.24) is 9.55 Å². The molecule has 4 nitrogen and oxygen atoms in total. The molecule has 1 aromatic heterocycles. The number of aryl methyl sites for hydroxylation is 1. The van der Waals surface area contributed by atoms with E-state index in [1.165, 1.54) is 18.5 Å². The zero-order valence-corrected chi connectivity index (χ0v) is 8.29. The van der Waals surface area contributed by atoms with E-state index in [9.17, 15) is 0 Å². The predicted octanol–water partition coefficient (Wildman–Crippen LogP) is 0.732. The maximum atomic E-state index is 6.04. The molecule has 3 N–H and O–H groups in total. The Labute approximate surface area is 83.5 Å². The molecule has 0 saturated heterocycles.